The standard InChI is InChI=1S/C7H12Br2O/c8-5-3-1-2-4-7(10)6-9/h1-6H2. The second kappa shape index (κ2) is 7.73. The zero-order valence-electron chi connectivity index (χ0n) is 5.91. The fourth-order valence-corrected chi connectivity index (χ4v) is 1.34. The molecule has 0 fully saturated rings. The molecule has 0 saturated carbocycles. The Labute approximate surface area is 78.8 Å². The van der Waals surface area contributed by atoms with Gasteiger partial charge in [0, 0.05) is 11.8 Å². The van der Waals surface area contributed by atoms with Crippen LogP contribution in [-0.4, -0.2) is 16.4 Å². The number of halogens is 2. The van der Waals surface area contributed by atoms with Crippen LogP contribution in [0.15, 0.2) is 0 Å². The highest BCUT2D eigenvalue weighted by atomic mass is 79.9. The molecule has 0 bridgehead atoms. The lowest BCUT2D eigenvalue weighted by molar-refractivity contribution is -0.116. The van der Waals surface area contributed by atoms with Gasteiger partial charge in [-0.3, -0.25) is 4.79 Å². The normalized spacial score (nSPS) is 9.80. The van der Waals surface area contributed by atoms with E-state index in [-0.39, 0.29) is 0 Å². The summed E-state index contributed by atoms with van der Waals surface area (Å²) in [5.41, 5.74) is 0. The highest BCUT2D eigenvalue weighted by Gasteiger charge is 1.97. The van der Waals surface area contributed by atoms with Crippen LogP contribution in [0.4, 0.5) is 0 Å². The van der Waals surface area contributed by atoms with Crippen molar-refractivity contribution in [1.82, 2.24) is 0 Å². The maximum Gasteiger partial charge on any atom is 0.143 e. The van der Waals surface area contributed by atoms with Gasteiger partial charge in [0.15, 0.2) is 0 Å². The van der Waals surface area contributed by atoms with Crippen molar-refractivity contribution in [2.45, 2.75) is 25.7 Å². The third-order valence-corrected chi connectivity index (χ3v) is 2.42. The van der Waals surface area contributed by atoms with E-state index in [1.54, 1.807) is 0 Å². The lowest BCUT2D eigenvalue weighted by Gasteiger charge is -1.95. The number of Topliss-reactive ketones (excluding diaryl/α,β-unsaturated/α-hetero) is 1. The smallest absolute Gasteiger partial charge is 0.143 e. The molecule has 0 atom stereocenters. The maximum absolute atomic E-state index is 10.7. The van der Waals surface area contributed by atoms with E-state index < -0.39 is 0 Å². The molecule has 0 saturated heterocycles. The number of rotatable bonds is 6. The molecule has 0 aliphatic heterocycles. The van der Waals surface area contributed by atoms with Crippen molar-refractivity contribution in [1.29, 1.82) is 0 Å². The fraction of sp³-hybridized carbons (Fsp3) is 0.857. The number of ketones is 1. The predicted molar refractivity (Wildman–Crippen MR) is 51.1 cm³/mol. The molecule has 10 heavy (non-hydrogen) atoms. The minimum absolute atomic E-state index is 0.314. The van der Waals surface area contributed by atoms with Gasteiger partial charge in [-0.2, -0.15) is 0 Å². The lowest BCUT2D eigenvalue weighted by Crippen LogP contribution is -1.97. The van der Waals surface area contributed by atoms with Crippen molar-refractivity contribution in [3.8, 4) is 0 Å². The van der Waals surface area contributed by atoms with Gasteiger partial charge < -0.3 is 0 Å². The summed E-state index contributed by atoms with van der Waals surface area (Å²) >= 11 is 6.46. The van der Waals surface area contributed by atoms with Gasteiger partial charge in [0.25, 0.3) is 0 Å². The third-order valence-electron chi connectivity index (χ3n) is 1.24. The van der Waals surface area contributed by atoms with Crippen LogP contribution in [0, 0.1) is 0 Å². The first-order valence-corrected chi connectivity index (χ1v) is 5.69. The molecule has 3 heteroatoms. The summed E-state index contributed by atoms with van der Waals surface area (Å²) in [6.07, 6.45) is 4.10. The van der Waals surface area contributed by atoms with Gasteiger partial charge in [-0.05, 0) is 12.8 Å². The van der Waals surface area contributed by atoms with Crippen molar-refractivity contribution in [2.75, 3.05) is 10.7 Å². The van der Waals surface area contributed by atoms with Crippen LogP contribution < -0.4 is 0 Å². The molecule has 0 unspecified atom stereocenters. The van der Waals surface area contributed by atoms with Crippen molar-refractivity contribution in [2.24, 2.45) is 0 Å². The summed E-state index contributed by atoms with van der Waals surface area (Å²) in [6.45, 7) is 0. The van der Waals surface area contributed by atoms with Crippen molar-refractivity contribution in [3.63, 3.8) is 0 Å². The van der Waals surface area contributed by atoms with Gasteiger partial charge in [0.1, 0.15) is 5.78 Å². The summed E-state index contributed by atoms with van der Waals surface area (Å²) in [5, 5.41) is 1.57. The molecule has 0 amide bonds. The van der Waals surface area contributed by atoms with Crippen molar-refractivity contribution >= 4 is 37.6 Å². The monoisotopic (exact) mass is 270 g/mol. The van der Waals surface area contributed by atoms with E-state index in [9.17, 15) is 4.79 Å². The number of hydrogen-bond acceptors (Lipinski definition) is 1. The molecule has 60 valence electrons. The summed E-state index contributed by atoms with van der Waals surface area (Å²) in [6, 6.07) is 0. The SMILES string of the molecule is O=C(CBr)CCCCCBr. The predicted octanol–water partition coefficient (Wildman–Crippen LogP) is 2.91. The van der Waals surface area contributed by atoms with Gasteiger partial charge in [-0.1, -0.05) is 38.3 Å². The van der Waals surface area contributed by atoms with Gasteiger partial charge >= 0.3 is 0 Å². The second-order valence-electron chi connectivity index (χ2n) is 2.17. The lowest BCUT2D eigenvalue weighted by atomic mass is 10.2. The summed E-state index contributed by atoms with van der Waals surface area (Å²) in [7, 11) is 0. The van der Waals surface area contributed by atoms with Crippen LogP contribution in [0.3, 0.4) is 0 Å². The number of unbranched alkanes of at least 4 members (excludes halogenated alkanes) is 2. The topological polar surface area (TPSA) is 17.1 Å². The second-order valence-corrected chi connectivity index (χ2v) is 3.53. The van der Waals surface area contributed by atoms with Crippen LogP contribution in [-0.2, 0) is 4.79 Å². The van der Waals surface area contributed by atoms with E-state index >= 15 is 0 Å². The Morgan fingerprint density at radius 2 is 1.80 bits per heavy atom. The number of alkyl halides is 2. The molecule has 0 aromatic rings. The molecule has 0 aliphatic carbocycles. The van der Waals surface area contributed by atoms with E-state index in [2.05, 4.69) is 31.9 Å². The van der Waals surface area contributed by atoms with E-state index in [0.29, 0.717) is 11.1 Å². The zero-order chi connectivity index (χ0) is 7.82. The molecular weight excluding hydrogens is 260 g/mol. The maximum atomic E-state index is 10.7. The summed E-state index contributed by atoms with van der Waals surface area (Å²) < 4.78 is 0. The van der Waals surface area contributed by atoms with Crippen LogP contribution in [0.5, 0.6) is 0 Å². The van der Waals surface area contributed by atoms with Crippen molar-refractivity contribution in [3.05, 3.63) is 0 Å². The Kier molecular flexibility index (Phi) is 8.22. The first-order valence-electron chi connectivity index (χ1n) is 3.45. The van der Waals surface area contributed by atoms with Gasteiger partial charge in [-0.15, -0.1) is 0 Å². The zero-order valence-corrected chi connectivity index (χ0v) is 9.08. The number of carbonyl (C=O) groups excluding carboxylic acids is 1. The Morgan fingerprint density at radius 1 is 1.10 bits per heavy atom. The average molecular weight is 272 g/mol. The average Bonchev–Trinajstić information content (AvgIpc) is 1.98. The Morgan fingerprint density at radius 3 is 2.30 bits per heavy atom. The van der Waals surface area contributed by atoms with Gasteiger partial charge in [0.05, 0.1) is 5.33 Å². The fourth-order valence-electron chi connectivity index (χ4n) is 0.660. The van der Waals surface area contributed by atoms with Crippen LogP contribution >= 0.6 is 31.9 Å². The van der Waals surface area contributed by atoms with E-state index in [0.717, 1.165) is 24.6 Å². The van der Waals surface area contributed by atoms with Crippen LogP contribution in [0.1, 0.15) is 25.7 Å². The van der Waals surface area contributed by atoms with E-state index in [4.69, 9.17) is 0 Å². The van der Waals surface area contributed by atoms with E-state index in [1.165, 1.54) is 6.42 Å². The molecular formula is C7H12Br2O. The van der Waals surface area contributed by atoms with Gasteiger partial charge in [-0.25, -0.2) is 0 Å². The van der Waals surface area contributed by atoms with Gasteiger partial charge in [0.2, 0.25) is 0 Å². The quantitative estimate of drug-likeness (QED) is 0.536. The van der Waals surface area contributed by atoms with Crippen LogP contribution in [0.25, 0.3) is 0 Å². The largest absolute Gasteiger partial charge is 0.299 e. The first-order chi connectivity index (χ1) is 4.81. The Bertz CT molecular complexity index is 93.6. The molecule has 0 heterocycles. The van der Waals surface area contributed by atoms with E-state index in [1.807, 2.05) is 0 Å². The highest BCUT2D eigenvalue weighted by molar-refractivity contribution is 9.09. The highest BCUT2D eigenvalue weighted by Crippen LogP contribution is 2.03. The van der Waals surface area contributed by atoms with Crippen molar-refractivity contribution < 1.29 is 4.79 Å². The molecule has 1 nitrogen and oxygen atoms in total. The Hall–Kier alpha value is 0.630. The molecule has 0 aromatic carbocycles. The first kappa shape index (κ1) is 10.6. The van der Waals surface area contributed by atoms with Crippen LogP contribution in [0.2, 0.25) is 0 Å². The summed E-state index contributed by atoms with van der Waals surface area (Å²) in [4.78, 5) is 10.7. The molecule has 0 radical (unpaired) electrons. The third kappa shape index (κ3) is 6.75. The molecule has 0 aromatic heterocycles. The molecule has 0 spiro atoms. The minimum atomic E-state index is 0.314. The molecule has 0 rings (SSSR count). The molecule has 0 aliphatic rings. The minimum Gasteiger partial charge on any atom is -0.299 e. The number of carbonyl (C=O) groups is 1. The summed E-state index contributed by atoms with van der Waals surface area (Å²) in [5.74, 6) is 0.314. The molecule has 0 N–H and O–H groups in total. The Balaban J connectivity index is 2.96. The number of hydrogen-bond donors (Lipinski definition) is 0.